The molecular weight excluding hydrogens is 244 g/mol. The number of nitrogens with zero attached hydrogens (tertiary/aromatic N) is 1. The molecule has 2 N–H and O–H groups in total. The monoisotopic (exact) mass is 252 g/mol. The van der Waals surface area contributed by atoms with Crippen LogP contribution in [-0.4, -0.2) is 21.3 Å². The summed E-state index contributed by atoms with van der Waals surface area (Å²) in [5.74, 6) is -1.10. The van der Waals surface area contributed by atoms with E-state index in [-0.39, 0.29) is 5.69 Å². The molecule has 2 aromatic rings. The number of hydrogen-bond acceptors (Lipinski definition) is 3. The number of hydrogen-bond donors (Lipinski definition) is 2. The minimum atomic E-state index is -1.10. The lowest BCUT2D eigenvalue weighted by Crippen LogP contribution is -2.17. The molecule has 0 fully saturated rings. The Labute approximate surface area is 101 Å². The lowest BCUT2D eigenvalue weighted by Gasteiger charge is -2.04. The van der Waals surface area contributed by atoms with Crippen LogP contribution in [0.15, 0.2) is 16.9 Å². The van der Waals surface area contributed by atoms with Crippen LogP contribution in [0.1, 0.15) is 11.3 Å². The topological polar surface area (TPSA) is 83.1 Å². The molecule has 6 heteroatoms. The van der Waals surface area contributed by atoms with E-state index >= 15 is 0 Å². The van der Waals surface area contributed by atoms with Crippen molar-refractivity contribution in [1.29, 1.82) is 0 Å². The molecule has 0 amide bonds. The highest BCUT2D eigenvalue weighted by atomic mass is 35.5. The summed E-state index contributed by atoms with van der Waals surface area (Å²) in [4.78, 5) is 22.5. The highest BCUT2D eigenvalue weighted by molar-refractivity contribution is 6.31. The van der Waals surface area contributed by atoms with Crippen LogP contribution in [0, 0.1) is 6.92 Å². The summed E-state index contributed by atoms with van der Waals surface area (Å²) in [6.45, 7) is 1.79. The smallest absolute Gasteiger partial charge is 0.309 e. The summed E-state index contributed by atoms with van der Waals surface area (Å²) in [5.41, 5.74) is 0.950. The molecule has 1 heterocycles. The molecule has 0 bridgehead atoms. The second-order valence-corrected chi connectivity index (χ2v) is 4.15. The summed E-state index contributed by atoms with van der Waals surface area (Å²) < 4.78 is 0. The minimum absolute atomic E-state index is 0.0216. The van der Waals surface area contributed by atoms with Gasteiger partial charge in [-0.15, -0.1) is 0 Å². The zero-order valence-corrected chi connectivity index (χ0v) is 9.71. The van der Waals surface area contributed by atoms with Gasteiger partial charge in [0, 0.05) is 5.02 Å². The summed E-state index contributed by atoms with van der Waals surface area (Å²) in [6.07, 6.45) is -0.406. The van der Waals surface area contributed by atoms with E-state index in [9.17, 15) is 9.59 Å². The average molecular weight is 253 g/mol. The Morgan fingerprint density at radius 3 is 2.88 bits per heavy atom. The van der Waals surface area contributed by atoms with Gasteiger partial charge in [-0.2, -0.15) is 5.10 Å². The Morgan fingerprint density at radius 2 is 2.24 bits per heavy atom. The van der Waals surface area contributed by atoms with Crippen molar-refractivity contribution in [2.75, 3.05) is 0 Å². The van der Waals surface area contributed by atoms with Crippen molar-refractivity contribution < 1.29 is 9.90 Å². The third-order valence-corrected chi connectivity index (χ3v) is 2.65. The molecule has 17 heavy (non-hydrogen) atoms. The Balaban J connectivity index is 2.75. The van der Waals surface area contributed by atoms with E-state index in [1.165, 1.54) is 6.07 Å². The molecule has 0 unspecified atom stereocenters. The zero-order chi connectivity index (χ0) is 12.6. The quantitative estimate of drug-likeness (QED) is 0.849. The standard InChI is InChI=1S/C11H9ClN2O3/c1-5-2-6(12)3-7-10(5)14-13-8(11(7)17)4-9(15)16/h2-3H,4H2,1H3,(H,14,17)(H,15,16). The first kappa shape index (κ1) is 11.6. The van der Waals surface area contributed by atoms with E-state index in [1.807, 2.05) is 0 Å². The summed E-state index contributed by atoms with van der Waals surface area (Å²) in [7, 11) is 0. The van der Waals surface area contributed by atoms with E-state index in [2.05, 4.69) is 10.2 Å². The number of aliphatic carboxylic acids is 1. The highest BCUT2D eigenvalue weighted by Crippen LogP contribution is 2.19. The number of fused-ring (bicyclic) bond motifs is 1. The molecule has 0 atom stereocenters. The van der Waals surface area contributed by atoms with E-state index in [0.717, 1.165) is 5.56 Å². The van der Waals surface area contributed by atoms with Crippen molar-refractivity contribution >= 4 is 28.5 Å². The number of aromatic amines is 1. The predicted octanol–water partition coefficient (Wildman–Crippen LogP) is 1.51. The van der Waals surface area contributed by atoms with Gasteiger partial charge in [0.25, 0.3) is 0 Å². The fraction of sp³-hybridized carbons (Fsp3) is 0.182. The number of halogens is 1. The molecule has 1 aromatic heterocycles. The number of aromatic nitrogens is 2. The second-order valence-electron chi connectivity index (χ2n) is 3.72. The lowest BCUT2D eigenvalue weighted by molar-refractivity contribution is -0.136. The lowest BCUT2D eigenvalue weighted by atomic mass is 10.1. The van der Waals surface area contributed by atoms with E-state index in [0.29, 0.717) is 15.9 Å². The molecule has 5 nitrogen and oxygen atoms in total. The van der Waals surface area contributed by atoms with Gasteiger partial charge in [-0.25, -0.2) is 0 Å². The SMILES string of the molecule is Cc1cc(Cl)cc2c(=O)c(CC(=O)O)n[nH]c12. The van der Waals surface area contributed by atoms with Crippen molar-refractivity contribution in [3.63, 3.8) is 0 Å². The van der Waals surface area contributed by atoms with Gasteiger partial charge in [-0.3, -0.25) is 14.7 Å². The van der Waals surface area contributed by atoms with E-state index in [4.69, 9.17) is 16.7 Å². The molecule has 0 aliphatic carbocycles. The molecule has 0 saturated heterocycles. The van der Waals surface area contributed by atoms with Crippen LogP contribution in [0.2, 0.25) is 5.02 Å². The zero-order valence-electron chi connectivity index (χ0n) is 8.95. The van der Waals surface area contributed by atoms with Gasteiger partial charge in [0.1, 0.15) is 5.69 Å². The Bertz CT molecular complexity index is 664. The summed E-state index contributed by atoms with van der Waals surface area (Å²) in [6, 6.07) is 3.22. The molecule has 0 spiro atoms. The number of carboxylic acids is 1. The van der Waals surface area contributed by atoms with Crippen LogP contribution in [0.4, 0.5) is 0 Å². The van der Waals surface area contributed by atoms with Gasteiger partial charge >= 0.3 is 5.97 Å². The predicted molar refractivity (Wildman–Crippen MR) is 63.5 cm³/mol. The molecule has 88 valence electrons. The van der Waals surface area contributed by atoms with Gasteiger partial charge in [0.05, 0.1) is 17.3 Å². The van der Waals surface area contributed by atoms with E-state index in [1.54, 1.807) is 13.0 Å². The third-order valence-electron chi connectivity index (χ3n) is 2.43. The van der Waals surface area contributed by atoms with Gasteiger partial charge < -0.3 is 5.11 Å². The van der Waals surface area contributed by atoms with Crippen molar-refractivity contribution in [3.05, 3.63) is 38.6 Å². The van der Waals surface area contributed by atoms with Crippen molar-refractivity contribution in [3.8, 4) is 0 Å². The Hall–Kier alpha value is -1.88. The molecule has 0 aliphatic heterocycles. The minimum Gasteiger partial charge on any atom is -0.481 e. The largest absolute Gasteiger partial charge is 0.481 e. The van der Waals surface area contributed by atoms with Crippen LogP contribution < -0.4 is 5.43 Å². The maximum absolute atomic E-state index is 12.0. The third kappa shape index (κ3) is 2.14. The number of benzene rings is 1. The van der Waals surface area contributed by atoms with Gasteiger partial charge in [0.15, 0.2) is 0 Å². The van der Waals surface area contributed by atoms with Gasteiger partial charge in [-0.05, 0) is 24.6 Å². The van der Waals surface area contributed by atoms with Crippen LogP contribution in [0.25, 0.3) is 10.9 Å². The summed E-state index contributed by atoms with van der Waals surface area (Å²) >= 11 is 5.86. The van der Waals surface area contributed by atoms with Crippen LogP contribution in [0.5, 0.6) is 0 Å². The Kier molecular flexibility index (Phi) is 2.85. The maximum atomic E-state index is 12.0. The fourth-order valence-corrected chi connectivity index (χ4v) is 1.94. The van der Waals surface area contributed by atoms with Crippen LogP contribution in [0.3, 0.4) is 0 Å². The Morgan fingerprint density at radius 1 is 1.53 bits per heavy atom. The molecule has 0 radical (unpaired) electrons. The van der Waals surface area contributed by atoms with Crippen LogP contribution in [-0.2, 0) is 11.2 Å². The van der Waals surface area contributed by atoms with E-state index < -0.39 is 17.8 Å². The molecule has 2 rings (SSSR count). The number of nitrogens with one attached hydrogen (secondary N) is 1. The van der Waals surface area contributed by atoms with Crippen molar-refractivity contribution in [2.45, 2.75) is 13.3 Å². The number of aryl methyl sites for hydroxylation is 1. The maximum Gasteiger partial charge on any atom is 0.309 e. The molecule has 0 aliphatic rings. The van der Waals surface area contributed by atoms with Gasteiger partial charge in [0.2, 0.25) is 5.43 Å². The normalized spacial score (nSPS) is 10.7. The van der Waals surface area contributed by atoms with Gasteiger partial charge in [-0.1, -0.05) is 11.6 Å². The first-order chi connectivity index (χ1) is 7.99. The number of carbonyl (C=O) groups is 1. The first-order valence-corrected chi connectivity index (χ1v) is 5.26. The fourth-order valence-electron chi connectivity index (χ4n) is 1.66. The summed E-state index contributed by atoms with van der Waals surface area (Å²) in [5, 5.41) is 15.9. The van der Waals surface area contributed by atoms with Crippen molar-refractivity contribution in [2.24, 2.45) is 0 Å². The average Bonchev–Trinajstić information content (AvgIpc) is 2.22. The van der Waals surface area contributed by atoms with Crippen LogP contribution >= 0.6 is 11.6 Å². The molecular formula is C11H9ClN2O3. The second kappa shape index (κ2) is 4.18. The number of rotatable bonds is 2. The molecule has 0 saturated carbocycles. The first-order valence-electron chi connectivity index (χ1n) is 4.88. The highest BCUT2D eigenvalue weighted by Gasteiger charge is 2.12. The number of carboxylic acid groups (broad SMARTS) is 1. The number of H-pyrrole nitrogens is 1. The molecule has 1 aromatic carbocycles. The van der Waals surface area contributed by atoms with Crippen molar-refractivity contribution in [1.82, 2.24) is 10.2 Å².